The molecule has 1 aliphatic rings. The smallest absolute Gasteiger partial charge is 0.127 e. The summed E-state index contributed by atoms with van der Waals surface area (Å²) in [7, 11) is 0. The standard InChI is InChI=1S/C13H16O.C2H6/c1-9-4-5-12-11(3)10(2)6-7-14-13(12)8-9;1-2/h4-5,8H,6-7H2,1-3H3;1-2H3. The van der Waals surface area contributed by atoms with Gasteiger partial charge in [0.1, 0.15) is 5.75 Å². The van der Waals surface area contributed by atoms with Gasteiger partial charge in [-0.15, -0.1) is 0 Å². The minimum Gasteiger partial charge on any atom is -0.493 e. The van der Waals surface area contributed by atoms with Crippen molar-refractivity contribution in [2.75, 3.05) is 6.61 Å². The first-order valence-electron chi connectivity index (χ1n) is 6.08. The van der Waals surface area contributed by atoms with Crippen molar-refractivity contribution in [3.8, 4) is 5.75 Å². The molecule has 0 radical (unpaired) electrons. The molecule has 1 heteroatoms. The number of hydrogen-bond donors (Lipinski definition) is 0. The van der Waals surface area contributed by atoms with Crippen LogP contribution in [0.1, 0.15) is 45.2 Å². The van der Waals surface area contributed by atoms with Gasteiger partial charge in [0.2, 0.25) is 0 Å². The summed E-state index contributed by atoms with van der Waals surface area (Å²) in [5.74, 6) is 1.04. The summed E-state index contributed by atoms with van der Waals surface area (Å²) in [6, 6.07) is 6.43. The second kappa shape index (κ2) is 5.74. The van der Waals surface area contributed by atoms with Gasteiger partial charge in [0.15, 0.2) is 0 Å². The summed E-state index contributed by atoms with van der Waals surface area (Å²) >= 11 is 0. The van der Waals surface area contributed by atoms with Gasteiger partial charge in [-0.05, 0) is 38.0 Å². The summed E-state index contributed by atoms with van der Waals surface area (Å²) in [5, 5.41) is 0. The van der Waals surface area contributed by atoms with Gasteiger partial charge < -0.3 is 4.74 Å². The third-order valence-electron chi connectivity index (χ3n) is 2.92. The highest BCUT2D eigenvalue weighted by atomic mass is 16.5. The fraction of sp³-hybridized carbons (Fsp3) is 0.467. The van der Waals surface area contributed by atoms with Crippen LogP contribution in [0.15, 0.2) is 23.8 Å². The van der Waals surface area contributed by atoms with Crippen LogP contribution in [0.25, 0.3) is 5.57 Å². The van der Waals surface area contributed by atoms with Crippen LogP contribution in [-0.4, -0.2) is 6.61 Å². The van der Waals surface area contributed by atoms with E-state index < -0.39 is 0 Å². The lowest BCUT2D eigenvalue weighted by molar-refractivity contribution is 0.323. The lowest BCUT2D eigenvalue weighted by Crippen LogP contribution is -1.96. The molecule has 0 bridgehead atoms. The molecule has 88 valence electrons. The third kappa shape index (κ3) is 2.66. The SMILES string of the molecule is CC.CC1=C(C)c2ccc(C)cc2OCC1. The van der Waals surface area contributed by atoms with E-state index in [0.717, 1.165) is 18.8 Å². The number of ether oxygens (including phenoxy) is 1. The number of benzene rings is 1. The van der Waals surface area contributed by atoms with Gasteiger partial charge >= 0.3 is 0 Å². The van der Waals surface area contributed by atoms with Gasteiger partial charge in [-0.2, -0.15) is 0 Å². The maximum absolute atomic E-state index is 5.73. The van der Waals surface area contributed by atoms with E-state index in [2.05, 4.69) is 39.0 Å². The first kappa shape index (κ1) is 12.8. The molecule has 1 heterocycles. The lowest BCUT2D eigenvalue weighted by Gasteiger charge is -2.08. The van der Waals surface area contributed by atoms with Crippen molar-refractivity contribution < 1.29 is 4.74 Å². The molecule has 0 saturated heterocycles. The number of hydrogen-bond acceptors (Lipinski definition) is 1. The molecule has 2 rings (SSSR count). The Bertz CT molecular complexity index is 388. The first-order valence-corrected chi connectivity index (χ1v) is 6.08. The highest BCUT2D eigenvalue weighted by Gasteiger charge is 2.12. The summed E-state index contributed by atoms with van der Waals surface area (Å²) < 4.78 is 5.73. The van der Waals surface area contributed by atoms with Crippen molar-refractivity contribution in [1.82, 2.24) is 0 Å². The fourth-order valence-electron chi connectivity index (χ4n) is 1.79. The largest absolute Gasteiger partial charge is 0.493 e. The first-order chi connectivity index (χ1) is 7.68. The Morgan fingerprint density at radius 1 is 1.06 bits per heavy atom. The Kier molecular flexibility index (Phi) is 4.60. The molecular weight excluding hydrogens is 196 g/mol. The maximum Gasteiger partial charge on any atom is 0.127 e. The minimum atomic E-state index is 0.805. The molecule has 0 aliphatic carbocycles. The van der Waals surface area contributed by atoms with E-state index in [1.807, 2.05) is 13.8 Å². The Labute approximate surface area is 99.1 Å². The highest BCUT2D eigenvalue weighted by Crippen LogP contribution is 2.32. The van der Waals surface area contributed by atoms with Crippen LogP contribution in [-0.2, 0) is 0 Å². The van der Waals surface area contributed by atoms with Crippen molar-refractivity contribution in [3.05, 3.63) is 34.9 Å². The third-order valence-corrected chi connectivity index (χ3v) is 2.92. The molecule has 0 N–H and O–H groups in total. The van der Waals surface area contributed by atoms with E-state index in [1.54, 1.807) is 0 Å². The van der Waals surface area contributed by atoms with Gasteiger partial charge in [0, 0.05) is 12.0 Å². The van der Waals surface area contributed by atoms with Crippen molar-refractivity contribution in [2.24, 2.45) is 0 Å². The Morgan fingerprint density at radius 3 is 2.44 bits per heavy atom. The molecule has 1 nitrogen and oxygen atoms in total. The number of aryl methyl sites for hydroxylation is 1. The van der Waals surface area contributed by atoms with E-state index in [0.29, 0.717) is 0 Å². The summed E-state index contributed by atoms with van der Waals surface area (Å²) in [5.41, 5.74) is 5.33. The van der Waals surface area contributed by atoms with E-state index in [9.17, 15) is 0 Å². The average molecular weight is 218 g/mol. The van der Waals surface area contributed by atoms with Crippen LogP contribution < -0.4 is 4.74 Å². The predicted octanol–water partition coefficient (Wildman–Crippen LogP) is 4.60. The maximum atomic E-state index is 5.73. The Balaban J connectivity index is 0.000000606. The lowest BCUT2D eigenvalue weighted by atomic mass is 10.00. The van der Waals surface area contributed by atoms with Crippen molar-refractivity contribution in [1.29, 1.82) is 0 Å². The fourth-order valence-corrected chi connectivity index (χ4v) is 1.79. The molecule has 1 aromatic rings. The van der Waals surface area contributed by atoms with Crippen LogP contribution in [0.3, 0.4) is 0 Å². The molecule has 0 amide bonds. The average Bonchev–Trinajstić information content (AvgIpc) is 2.43. The predicted molar refractivity (Wildman–Crippen MR) is 70.9 cm³/mol. The summed E-state index contributed by atoms with van der Waals surface area (Å²) in [6.07, 6.45) is 1.04. The molecule has 1 aliphatic heterocycles. The van der Waals surface area contributed by atoms with Gasteiger partial charge in [0.25, 0.3) is 0 Å². The molecule has 0 fully saturated rings. The van der Waals surface area contributed by atoms with E-state index >= 15 is 0 Å². The Morgan fingerprint density at radius 2 is 1.75 bits per heavy atom. The summed E-state index contributed by atoms with van der Waals surface area (Å²) in [6.45, 7) is 11.3. The monoisotopic (exact) mass is 218 g/mol. The van der Waals surface area contributed by atoms with Crippen LogP contribution in [0.5, 0.6) is 5.75 Å². The van der Waals surface area contributed by atoms with E-state index in [-0.39, 0.29) is 0 Å². The topological polar surface area (TPSA) is 9.23 Å². The second-order valence-corrected chi connectivity index (χ2v) is 4.00. The molecular formula is C15H22O. The molecule has 0 saturated carbocycles. The quantitative estimate of drug-likeness (QED) is 0.618. The molecule has 1 aromatic carbocycles. The van der Waals surface area contributed by atoms with Crippen LogP contribution in [0.2, 0.25) is 0 Å². The molecule has 16 heavy (non-hydrogen) atoms. The minimum absolute atomic E-state index is 0.805. The zero-order valence-electron chi connectivity index (χ0n) is 11.1. The van der Waals surface area contributed by atoms with Crippen LogP contribution in [0, 0.1) is 6.92 Å². The van der Waals surface area contributed by atoms with Crippen molar-refractivity contribution >= 4 is 5.57 Å². The van der Waals surface area contributed by atoms with E-state index in [1.165, 1.54) is 22.3 Å². The normalized spacial score (nSPS) is 14.3. The zero-order chi connectivity index (χ0) is 12.1. The van der Waals surface area contributed by atoms with E-state index in [4.69, 9.17) is 4.74 Å². The second-order valence-electron chi connectivity index (χ2n) is 4.00. The van der Waals surface area contributed by atoms with Gasteiger partial charge in [-0.1, -0.05) is 31.6 Å². The molecule has 0 atom stereocenters. The summed E-state index contributed by atoms with van der Waals surface area (Å²) in [4.78, 5) is 0. The number of allylic oxidation sites excluding steroid dienone is 1. The zero-order valence-corrected chi connectivity index (χ0v) is 11.1. The number of fused-ring (bicyclic) bond motifs is 1. The number of rotatable bonds is 0. The van der Waals surface area contributed by atoms with Crippen LogP contribution in [0.4, 0.5) is 0 Å². The van der Waals surface area contributed by atoms with Gasteiger partial charge in [-0.25, -0.2) is 0 Å². The molecule has 0 spiro atoms. The molecule has 0 unspecified atom stereocenters. The Hall–Kier alpha value is -1.24. The highest BCUT2D eigenvalue weighted by molar-refractivity contribution is 5.72. The van der Waals surface area contributed by atoms with Gasteiger partial charge in [-0.3, -0.25) is 0 Å². The van der Waals surface area contributed by atoms with Crippen molar-refractivity contribution in [3.63, 3.8) is 0 Å². The van der Waals surface area contributed by atoms with Gasteiger partial charge in [0.05, 0.1) is 6.61 Å². The molecule has 0 aromatic heterocycles. The van der Waals surface area contributed by atoms with Crippen LogP contribution >= 0.6 is 0 Å². The van der Waals surface area contributed by atoms with Crippen molar-refractivity contribution in [2.45, 2.75) is 41.0 Å².